The molecule has 1 saturated heterocycles. The van der Waals surface area contributed by atoms with Gasteiger partial charge in [0, 0.05) is 24.7 Å². The molecule has 138 valence electrons. The van der Waals surface area contributed by atoms with E-state index in [2.05, 4.69) is 16.9 Å². The van der Waals surface area contributed by atoms with Crippen LogP contribution in [0.15, 0.2) is 18.2 Å². The molecule has 1 fully saturated rings. The Labute approximate surface area is 152 Å². The Kier molecular flexibility index (Phi) is 7.11. The zero-order valence-electron chi connectivity index (χ0n) is 15.0. The summed E-state index contributed by atoms with van der Waals surface area (Å²) >= 11 is 1.84. The third-order valence-electron chi connectivity index (χ3n) is 4.30. The van der Waals surface area contributed by atoms with Gasteiger partial charge in [-0.25, -0.2) is 9.18 Å². The molecule has 0 unspecified atom stereocenters. The Morgan fingerprint density at radius 1 is 1.28 bits per heavy atom. The van der Waals surface area contributed by atoms with E-state index < -0.39 is 5.82 Å². The summed E-state index contributed by atoms with van der Waals surface area (Å²) in [6.45, 7) is 4.93. The molecule has 0 aromatic heterocycles. The molecule has 0 atom stereocenters. The lowest BCUT2D eigenvalue weighted by molar-refractivity contribution is -0.118. The molecule has 5 nitrogen and oxygen atoms in total. The average Bonchev–Trinajstić information content (AvgIpc) is 2.58. The minimum atomic E-state index is -0.523. The zero-order chi connectivity index (χ0) is 18.4. The number of halogens is 1. The van der Waals surface area contributed by atoms with Gasteiger partial charge in [0.05, 0.1) is 5.69 Å². The van der Waals surface area contributed by atoms with E-state index in [-0.39, 0.29) is 23.5 Å². The minimum Gasteiger partial charge on any atom is -0.325 e. The number of piperidine rings is 1. The summed E-state index contributed by atoms with van der Waals surface area (Å²) in [6, 6.07) is 4.01. The number of hydrogen-bond acceptors (Lipinski definition) is 3. The number of nitrogens with one attached hydrogen (secondary N) is 2. The Bertz CT molecular complexity index is 616. The van der Waals surface area contributed by atoms with Gasteiger partial charge in [0.1, 0.15) is 5.82 Å². The number of likely N-dealkylation sites (tertiary alicyclic amines) is 1. The first-order valence-electron chi connectivity index (χ1n) is 8.56. The quantitative estimate of drug-likeness (QED) is 0.826. The van der Waals surface area contributed by atoms with Crippen LogP contribution in [-0.2, 0) is 4.79 Å². The minimum absolute atomic E-state index is 0.0789. The molecule has 0 bridgehead atoms. The molecule has 1 heterocycles. The van der Waals surface area contributed by atoms with E-state index in [1.165, 1.54) is 18.2 Å². The fourth-order valence-corrected chi connectivity index (χ4v) is 3.52. The SMILES string of the molecule is CSCC1CCN(C(=O)Nc2ccc(F)c(NC(=O)C(C)C)c2)CC1. The highest BCUT2D eigenvalue weighted by molar-refractivity contribution is 7.98. The lowest BCUT2D eigenvalue weighted by Crippen LogP contribution is -2.41. The van der Waals surface area contributed by atoms with Crippen molar-refractivity contribution in [3.8, 4) is 0 Å². The van der Waals surface area contributed by atoms with Crippen molar-refractivity contribution >= 4 is 35.1 Å². The molecule has 2 N–H and O–H groups in total. The summed E-state index contributed by atoms with van der Waals surface area (Å²) in [5.41, 5.74) is 0.548. The average molecular weight is 367 g/mol. The molecule has 1 aromatic carbocycles. The Balaban J connectivity index is 1.96. The topological polar surface area (TPSA) is 61.4 Å². The van der Waals surface area contributed by atoms with Crippen molar-refractivity contribution in [1.29, 1.82) is 0 Å². The number of amides is 3. The van der Waals surface area contributed by atoms with Crippen LogP contribution in [0.2, 0.25) is 0 Å². The van der Waals surface area contributed by atoms with Crippen molar-refractivity contribution in [2.45, 2.75) is 26.7 Å². The van der Waals surface area contributed by atoms with Gasteiger partial charge in [-0.05, 0) is 49.0 Å². The fraction of sp³-hybridized carbons (Fsp3) is 0.556. The highest BCUT2D eigenvalue weighted by Crippen LogP contribution is 2.23. The number of thioether (sulfide) groups is 1. The second-order valence-electron chi connectivity index (χ2n) is 6.65. The van der Waals surface area contributed by atoms with E-state index in [0.717, 1.165) is 31.7 Å². The van der Waals surface area contributed by atoms with Gasteiger partial charge < -0.3 is 15.5 Å². The van der Waals surface area contributed by atoms with Crippen LogP contribution in [0.5, 0.6) is 0 Å². The van der Waals surface area contributed by atoms with Crippen LogP contribution in [0.25, 0.3) is 0 Å². The molecule has 3 amide bonds. The normalized spacial score (nSPS) is 15.3. The first-order chi connectivity index (χ1) is 11.9. The molecule has 1 aromatic rings. The van der Waals surface area contributed by atoms with Gasteiger partial charge in [-0.15, -0.1) is 0 Å². The largest absolute Gasteiger partial charge is 0.325 e. The monoisotopic (exact) mass is 367 g/mol. The second kappa shape index (κ2) is 9.08. The van der Waals surface area contributed by atoms with Crippen molar-refractivity contribution in [3.05, 3.63) is 24.0 Å². The standard InChI is InChI=1S/C18H26FN3O2S/c1-12(2)17(23)21-16-10-14(4-5-15(16)19)20-18(24)22-8-6-13(7-9-22)11-25-3/h4-5,10,12-13H,6-9,11H2,1-3H3,(H,20,24)(H,21,23). The summed E-state index contributed by atoms with van der Waals surface area (Å²) in [5, 5.41) is 5.33. The van der Waals surface area contributed by atoms with E-state index in [1.54, 1.807) is 18.7 Å². The lowest BCUT2D eigenvalue weighted by atomic mass is 9.99. The number of rotatable bonds is 5. The number of carbonyl (C=O) groups is 2. The maximum atomic E-state index is 13.9. The summed E-state index contributed by atoms with van der Waals surface area (Å²) in [7, 11) is 0. The van der Waals surface area contributed by atoms with Crippen molar-refractivity contribution in [3.63, 3.8) is 0 Å². The van der Waals surface area contributed by atoms with Gasteiger partial charge in [0.2, 0.25) is 5.91 Å². The Hall–Kier alpha value is -1.76. The van der Waals surface area contributed by atoms with Crippen molar-refractivity contribution in [2.24, 2.45) is 11.8 Å². The number of benzene rings is 1. The van der Waals surface area contributed by atoms with Crippen LogP contribution in [0.4, 0.5) is 20.6 Å². The summed E-state index contributed by atoms with van der Waals surface area (Å²) in [6.07, 6.45) is 4.12. The predicted molar refractivity (Wildman–Crippen MR) is 102 cm³/mol. The van der Waals surface area contributed by atoms with Gasteiger partial charge in [-0.1, -0.05) is 13.8 Å². The molecular formula is C18H26FN3O2S. The molecule has 7 heteroatoms. The first-order valence-corrected chi connectivity index (χ1v) is 9.95. The molecule has 25 heavy (non-hydrogen) atoms. The summed E-state index contributed by atoms with van der Waals surface area (Å²) in [5.74, 6) is 0.762. The molecule has 0 aliphatic carbocycles. The maximum Gasteiger partial charge on any atom is 0.321 e. The van der Waals surface area contributed by atoms with Gasteiger partial charge in [-0.2, -0.15) is 11.8 Å². The van der Waals surface area contributed by atoms with E-state index in [4.69, 9.17) is 0 Å². The molecular weight excluding hydrogens is 341 g/mol. The van der Waals surface area contributed by atoms with Gasteiger partial charge in [-0.3, -0.25) is 4.79 Å². The smallest absolute Gasteiger partial charge is 0.321 e. The van der Waals surface area contributed by atoms with Crippen LogP contribution < -0.4 is 10.6 Å². The molecule has 0 saturated carbocycles. The van der Waals surface area contributed by atoms with Crippen LogP contribution in [0.3, 0.4) is 0 Å². The molecule has 1 aliphatic rings. The van der Waals surface area contributed by atoms with Crippen molar-refractivity contribution in [2.75, 3.05) is 35.7 Å². The summed E-state index contributed by atoms with van der Waals surface area (Å²) < 4.78 is 13.9. The third kappa shape index (κ3) is 5.63. The fourth-order valence-electron chi connectivity index (χ4n) is 2.72. The third-order valence-corrected chi connectivity index (χ3v) is 5.11. The number of hydrogen-bond donors (Lipinski definition) is 2. The molecule has 1 aliphatic heterocycles. The van der Waals surface area contributed by atoms with E-state index >= 15 is 0 Å². The van der Waals surface area contributed by atoms with E-state index in [9.17, 15) is 14.0 Å². The maximum absolute atomic E-state index is 13.9. The number of anilines is 2. The Morgan fingerprint density at radius 2 is 1.96 bits per heavy atom. The van der Waals surface area contributed by atoms with Gasteiger partial charge >= 0.3 is 6.03 Å². The van der Waals surface area contributed by atoms with E-state index in [0.29, 0.717) is 11.6 Å². The zero-order valence-corrected chi connectivity index (χ0v) is 15.8. The predicted octanol–water partition coefficient (Wildman–Crippen LogP) is 4.03. The number of nitrogens with zero attached hydrogens (tertiary/aromatic N) is 1. The van der Waals surface area contributed by atoms with Crippen molar-refractivity contribution < 1.29 is 14.0 Å². The molecule has 0 spiro atoms. The van der Waals surface area contributed by atoms with Gasteiger partial charge in [0.15, 0.2) is 0 Å². The van der Waals surface area contributed by atoms with Crippen LogP contribution in [0.1, 0.15) is 26.7 Å². The highest BCUT2D eigenvalue weighted by atomic mass is 32.2. The molecule has 2 rings (SSSR count). The lowest BCUT2D eigenvalue weighted by Gasteiger charge is -2.31. The molecule has 0 radical (unpaired) electrons. The second-order valence-corrected chi connectivity index (χ2v) is 7.57. The van der Waals surface area contributed by atoms with Crippen molar-refractivity contribution in [1.82, 2.24) is 4.90 Å². The summed E-state index contributed by atoms with van der Waals surface area (Å²) in [4.78, 5) is 25.9. The van der Waals surface area contributed by atoms with Crippen LogP contribution in [0, 0.1) is 17.7 Å². The number of urea groups is 1. The Morgan fingerprint density at radius 3 is 2.56 bits per heavy atom. The van der Waals surface area contributed by atoms with E-state index in [1.807, 2.05) is 11.8 Å². The van der Waals surface area contributed by atoms with Crippen LogP contribution in [-0.4, -0.2) is 41.9 Å². The van der Waals surface area contributed by atoms with Gasteiger partial charge in [0.25, 0.3) is 0 Å². The first kappa shape index (κ1) is 19.6. The van der Waals surface area contributed by atoms with Crippen LogP contribution >= 0.6 is 11.8 Å². The highest BCUT2D eigenvalue weighted by Gasteiger charge is 2.22. The number of carbonyl (C=O) groups excluding carboxylic acids is 2.